The van der Waals surface area contributed by atoms with E-state index in [0.29, 0.717) is 13.2 Å². The van der Waals surface area contributed by atoms with Crippen LogP contribution in [0.4, 0.5) is 4.79 Å². The largest absolute Gasteiger partial charge is 0.481 e. The highest BCUT2D eigenvalue weighted by Gasteiger charge is 2.30. The summed E-state index contributed by atoms with van der Waals surface area (Å²) in [5.74, 6) is -2.31. The number of nitrogens with one attached hydrogen (secondary N) is 3. The molecule has 120 valence electrons. The molecule has 0 aliphatic carbocycles. The van der Waals surface area contributed by atoms with Gasteiger partial charge >= 0.3 is 12.0 Å². The Morgan fingerprint density at radius 1 is 1.10 bits per heavy atom. The van der Waals surface area contributed by atoms with Gasteiger partial charge in [0.15, 0.2) is 0 Å². The molecule has 0 saturated heterocycles. The van der Waals surface area contributed by atoms with Gasteiger partial charge in [0.1, 0.15) is 0 Å². The number of hydrogen-bond acceptors (Lipinski definition) is 5. The Hall–Kier alpha value is -2.16. The average molecular weight is 303 g/mol. The van der Waals surface area contributed by atoms with E-state index in [1.54, 1.807) is 0 Å². The lowest BCUT2D eigenvalue weighted by Gasteiger charge is -2.17. The first kappa shape index (κ1) is 18.8. The fourth-order valence-corrected chi connectivity index (χ4v) is 1.21. The zero-order valence-corrected chi connectivity index (χ0v) is 12.3. The van der Waals surface area contributed by atoms with Gasteiger partial charge in [0, 0.05) is 20.1 Å². The number of carboxylic acids is 1. The highest BCUT2D eigenvalue weighted by atomic mass is 16.5. The van der Waals surface area contributed by atoms with Gasteiger partial charge in [0.05, 0.1) is 18.6 Å². The molecule has 0 aliphatic rings. The highest BCUT2D eigenvalue weighted by molar-refractivity contribution is 5.97. The van der Waals surface area contributed by atoms with Crippen LogP contribution in [0.3, 0.4) is 0 Å². The number of imide groups is 1. The van der Waals surface area contributed by atoms with E-state index in [4.69, 9.17) is 9.84 Å². The van der Waals surface area contributed by atoms with Crippen LogP contribution in [0.1, 0.15) is 20.3 Å². The Labute approximate surface area is 122 Å². The maximum absolute atomic E-state index is 11.5. The summed E-state index contributed by atoms with van der Waals surface area (Å²) >= 11 is 0. The molecule has 0 spiro atoms. The first-order chi connectivity index (χ1) is 9.69. The molecule has 0 aliphatic heterocycles. The molecule has 0 atom stereocenters. The van der Waals surface area contributed by atoms with E-state index in [9.17, 15) is 19.2 Å². The molecule has 0 bridgehead atoms. The Balaban J connectivity index is 4.01. The van der Waals surface area contributed by atoms with Gasteiger partial charge in [0.2, 0.25) is 11.8 Å². The van der Waals surface area contributed by atoms with Crippen molar-refractivity contribution in [3.63, 3.8) is 0 Å². The number of hydrogen-bond donors (Lipinski definition) is 4. The summed E-state index contributed by atoms with van der Waals surface area (Å²) in [6.07, 6.45) is -0.351. The fraction of sp³-hybridized carbons (Fsp3) is 0.667. The third-order valence-electron chi connectivity index (χ3n) is 2.47. The molecule has 0 heterocycles. The topological polar surface area (TPSA) is 134 Å². The average Bonchev–Trinajstić information content (AvgIpc) is 2.35. The van der Waals surface area contributed by atoms with Gasteiger partial charge in [0.25, 0.3) is 0 Å². The van der Waals surface area contributed by atoms with Crippen LogP contribution in [-0.2, 0) is 19.1 Å². The lowest BCUT2D eigenvalue weighted by atomic mass is 9.89. The number of urea groups is 1. The predicted molar refractivity (Wildman–Crippen MR) is 72.5 cm³/mol. The molecule has 0 saturated carbocycles. The second-order valence-electron chi connectivity index (χ2n) is 4.94. The number of carbonyl (C=O) groups is 4. The van der Waals surface area contributed by atoms with Crippen LogP contribution in [0.25, 0.3) is 0 Å². The molecule has 4 N–H and O–H groups in total. The Morgan fingerprint density at radius 3 is 2.24 bits per heavy atom. The van der Waals surface area contributed by atoms with Crippen LogP contribution in [0.2, 0.25) is 0 Å². The van der Waals surface area contributed by atoms with Gasteiger partial charge < -0.3 is 20.5 Å². The molecule has 9 heteroatoms. The molecule has 0 unspecified atom stereocenters. The molecule has 0 aromatic rings. The molecular formula is C12H21N3O6. The number of ether oxygens (including phenoxy) is 1. The molecular weight excluding hydrogens is 282 g/mol. The van der Waals surface area contributed by atoms with Crippen molar-refractivity contribution in [1.82, 2.24) is 16.0 Å². The van der Waals surface area contributed by atoms with Gasteiger partial charge in [-0.25, -0.2) is 4.79 Å². The first-order valence-electron chi connectivity index (χ1n) is 6.25. The summed E-state index contributed by atoms with van der Waals surface area (Å²) in [6, 6.07) is -0.858. The second kappa shape index (κ2) is 8.90. The lowest BCUT2D eigenvalue weighted by molar-refractivity contribution is -0.149. The summed E-state index contributed by atoms with van der Waals surface area (Å²) < 4.78 is 4.73. The van der Waals surface area contributed by atoms with Crippen molar-refractivity contribution < 1.29 is 29.0 Å². The standard InChI is InChI=1S/C12H21N3O6/c1-12(2,10(18)19)6-8(16)15-11(20)14-7-9(17)13-4-5-21-3/h4-7H2,1-3H3,(H,13,17)(H,18,19)(H2,14,15,16,20). The minimum atomic E-state index is -1.28. The molecule has 0 fully saturated rings. The summed E-state index contributed by atoms with van der Waals surface area (Å²) in [6.45, 7) is 3.10. The van der Waals surface area contributed by atoms with E-state index in [1.165, 1.54) is 21.0 Å². The Bertz CT molecular complexity index is 408. The van der Waals surface area contributed by atoms with E-state index in [1.807, 2.05) is 5.32 Å². The SMILES string of the molecule is COCCNC(=O)CNC(=O)NC(=O)CC(C)(C)C(=O)O. The number of methoxy groups -OCH3 is 1. The van der Waals surface area contributed by atoms with E-state index < -0.39 is 29.2 Å². The van der Waals surface area contributed by atoms with Crippen LogP contribution in [0.15, 0.2) is 0 Å². The van der Waals surface area contributed by atoms with Crippen LogP contribution in [-0.4, -0.2) is 55.7 Å². The van der Waals surface area contributed by atoms with E-state index in [-0.39, 0.29) is 13.0 Å². The minimum absolute atomic E-state index is 0.300. The number of carbonyl (C=O) groups excluding carboxylic acids is 3. The second-order valence-corrected chi connectivity index (χ2v) is 4.94. The van der Waals surface area contributed by atoms with E-state index in [0.717, 1.165) is 0 Å². The zero-order valence-electron chi connectivity index (χ0n) is 12.3. The summed E-state index contributed by atoms with van der Waals surface area (Å²) in [4.78, 5) is 44.9. The van der Waals surface area contributed by atoms with Crippen molar-refractivity contribution in [3.8, 4) is 0 Å². The first-order valence-corrected chi connectivity index (χ1v) is 6.25. The maximum atomic E-state index is 11.5. The molecule has 9 nitrogen and oxygen atoms in total. The quantitative estimate of drug-likeness (QED) is 0.428. The van der Waals surface area contributed by atoms with Crippen molar-refractivity contribution >= 4 is 23.8 Å². The Morgan fingerprint density at radius 2 is 1.71 bits per heavy atom. The number of carboxylic acid groups (broad SMARTS) is 1. The van der Waals surface area contributed by atoms with Gasteiger partial charge in [-0.05, 0) is 13.8 Å². The molecule has 0 rings (SSSR count). The maximum Gasteiger partial charge on any atom is 0.321 e. The van der Waals surface area contributed by atoms with Crippen molar-refractivity contribution in [2.75, 3.05) is 26.8 Å². The minimum Gasteiger partial charge on any atom is -0.481 e. The van der Waals surface area contributed by atoms with E-state index in [2.05, 4.69) is 10.6 Å². The molecule has 21 heavy (non-hydrogen) atoms. The lowest BCUT2D eigenvalue weighted by Crippen LogP contribution is -2.45. The van der Waals surface area contributed by atoms with Crippen LogP contribution in [0.5, 0.6) is 0 Å². The van der Waals surface area contributed by atoms with Crippen LogP contribution < -0.4 is 16.0 Å². The summed E-state index contributed by atoms with van der Waals surface area (Å²) in [7, 11) is 1.49. The van der Waals surface area contributed by atoms with Crippen molar-refractivity contribution in [2.24, 2.45) is 5.41 Å². The van der Waals surface area contributed by atoms with Crippen LogP contribution >= 0.6 is 0 Å². The normalized spacial score (nSPS) is 10.6. The third-order valence-corrected chi connectivity index (χ3v) is 2.47. The third kappa shape index (κ3) is 8.58. The molecule has 0 aromatic carbocycles. The monoisotopic (exact) mass is 303 g/mol. The number of rotatable bonds is 8. The summed E-state index contributed by atoms with van der Waals surface area (Å²) in [5, 5.41) is 15.5. The van der Waals surface area contributed by atoms with Crippen molar-refractivity contribution in [3.05, 3.63) is 0 Å². The fourth-order valence-electron chi connectivity index (χ4n) is 1.21. The van der Waals surface area contributed by atoms with E-state index >= 15 is 0 Å². The number of aliphatic carboxylic acids is 1. The Kier molecular flexibility index (Phi) is 7.99. The van der Waals surface area contributed by atoms with Gasteiger partial charge in [-0.1, -0.05) is 0 Å². The molecule has 0 radical (unpaired) electrons. The van der Waals surface area contributed by atoms with Crippen LogP contribution in [0, 0.1) is 5.41 Å². The summed E-state index contributed by atoms with van der Waals surface area (Å²) in [5.41, 5.74) is -1.28. The molecule has 4 amide bonds. The smallest absolute Gasteiger partial charge is 0.321 e. The van der Waals surface area contributed by atoms with Gasteiger partial charge in [-0.3, -0.25) is 19.7 Å². The van der Waals surface area contributed by atoms with Crippen molar-refractivity contribution in [1.29, 1.82) is 0 Å². The molecule has 0 aromatic heterocycles. The van der Waals surface area contributed by atoms with Crippen molar-refractivity contribution in [2.45, 2.75) is 20.3 Å². The predicted octanol–water partition coefficient (Wildman–Crippen LogP) is -0.924. The van der Waals surface area contributed by atoms with Gasteiger partial charge in [-0.2, -0.15) is 0 Å². The number of amides is 4. The van der Waals surface area contributed by atoms with Gasteiger partial charge in [-0.15, -0.1) is 0 Å². The zero-order chi connectivity index (χ0) is 16.5. The highest BCUT2D eigenvalue weighted by Crippen LogP contribution is 2.19.